The fourth-order valence-electron chi connectivity index (χ4n) is 4.61. The zero-order valence-corrected chi connectivity index (χ0v) is 18.5. The van der Waals surface area contributed by atoms with Crippen molar-refractivity contribution in [3.63, 3.8) is 0 Å². The first kappa shape index (κ1) is 21.5. The number of hydrogen-bond donors (Lipinski definition) is 1. The minimum Gasteiger partial charge on any atom is -0.337 e. The van der Waals surface area contributed by atoms with Crippen LogP contribution in [-0.2, 0) is 29.0 Å². The van der Waals surface area contributed by atoms with Crippen LogP contribution in [0.1, 0.15) is 66.5 Å². The first-order valence-corrected chi connectivity index (χ1v) is 12.0. The van der Waals surface area contributed by atoms with Gasteiger partial charge in [0.05, 0.1) is 18.5 Å². The van der Waals surface area contributed by atoms with E-state index in [0.717, 1.165) is 22.4 Å². The molecule has 4 rings (SSSR count). The van der Waals surface area contributed by atoms with Crippen molar-refractivity contribution in [3.8, 4) is 6.07 Å². The zero-order chi connectivity index (χ0) is 21.6. The summed E-state index contributed by atoms with van der Waals surface area (Å²) in [6, 6.07) is 5.99. The van der Waals surface area contributed by atoms with Crippen molar-refractivity contribution in [2.75, 3.05) is 11.9 Å². The van der Waals surface area contributed by atoms with Gasteiger partial charge in [-0.15, -0.1) is 11.3 Å². The third-order valence-corrected chi connectivity index (χ3v) is 7.52. The quantitative estimate of drug-likeness (QED) is 0.725. The van der Waals surface area contributed by atoms with Crippen molar-refractivity contribution in [2.24, 2.45) is 5.92 Å². The summed E-state index contributed by atoms with van der Waals surface area (Å²) in [5, 5.41) is 13.3. The lowest BCUT2D eigenvalue weighted by Crippen LogP contribution is -2.36. The van der Waals surface area contributed by atoms with E-state index in [-0.39, 0.29) is 11.8 Å². The highest BCUT2D eigenvalue weighted by Crippen LogP contribution is 2.37. The third-order valence-electron chi connectivity index (χ3n) is 6.38. The lowest BCUT2D eigenvalue weighted by atomic mass is 9.86. The monoisotopic (exact) mass is 436 g/mol. The van der Waals surface area contributed by atoms with Gasteiger partial charge in [-0.2, -0.15) is 5.26 Å². The molecule has 2 aliphatic rings. The topological polar surface area (TPSA) is 86.1 Å². The van der Waals surface area contributed by atoms with Crippen molar-refractivity contribution in [3.05, 3.63) is 46.1 Å². The highest BCUT2D eigenvalue weighted by atomic mass is 32.1. The van der Waals surface area contributed by atoms with Gasteiger partial charge in [-0.25, -0.2) is 0 Å². The number of anilines is 1. The Morgan fingerprint density at radius 1 is 1.23 bits per heavy atom. The van der Waals surface area contributed by atoms with Gasteiger partial charge >= 0.3 is 0 Å². The summed E-state index contributed by atoms with van der Waals surface area (Å²) in [7, 11) is 0. The smallest absolute Gasteiger partial charge is 0.227 e. The number of nitrogens with zero attached hydrogens (tertiary/aromatic N) is 3. The molecule has 0 radical (unpaired) electrons. The third kappa shape index (κ3) is 5.31. The number of amides is 2. The molecule has 2 aromatic heterocycles. The van der Waals surface area contributed by atoms with Crippen LogP contribution < -0.4 is 5.32 Å². The number of carbonyl (C=O) groups is 2. The van der Waals surface area contributed by atoms with Crippen LogP contribution in [0.15, 0.2) is 24.5 Å². The second kappa shape index (κ2) is 10.1. The summed E-state index contributed by atoms with van der Waals surface area (Å²) in [6.45, 7) is 1.09. The largest absolute Gasteiger partial charge is 0.337 e. The minimum atomic E-state index is -0.00806. The van der Waals surface area contributed by atoms with Crippen LogP contribution in [0.3, 0.4) is 0 Å². The zero-order valence-electron chi connectivity index (χ0n) is 17.7. The average molecular weight is 437 g/mol. The molecule has 1 aliphatic carbocycles. The number of nitrogens with one attached hydrogen (secondary N) is 1. The number of pyridine rings is 1. The fourth-order valence-corrected chi connectivity index (χ4v) is 5.84. The van der Waals surface area contributed by atoms with Crippen molar-refractivity contribution in [1.82, 2.24) is 9.88 Å². The summed E-state index contributed by atoms with van der Waals surface area (Å²) in [5.74, 6) is 0.722. The van der Waals surface area contributed by atoms with Gasteiger partial charge in [-0.3, -0.25) is 14.6 Å². The van der Waals surface area contributed by atoms with Crippen LogP contribution in [0.25, 0.3) is 0 Å². The highest BCUT2D eigenvalue weighted by molar-refractivity contribution is 7.16. The normalized spacial score (nSPS) is 16.4. The Morgan fingerprint density at radius 3 is 2.74 bits per heavy atom. The number of fused-ring (bicyclic) bond motifs is 1. The number of rotatable bonds is 6. The standard InChI is InChI=1S/C24H28N4O2S/c25-15-20-19-10-13-28(23(30)14-18-8-11-26-12-9-18)16-21(19)31-24(20)27-22(29)7-6-17-4-2-1-3-5-17/h8-9,11-12,17H,1-7,10,13-14,16H2,(H,27,29). The van der Waals surface area contributed by atoms with Gasteiger partial charge in [0.2, 0.25) is 11.8 Å². The average Bonchev–Trinajstić information content (AvgIpc) is 3.15. The molecular weight excluding hydrogens is 408 g/mol. The van der Waals surface area contributed by atoms with Gasteiger partial charge in [0, 0.05) is 30.2 Å². The molecule has 162 valence electrons. The molecule has 0 unspecified atom stereocenters. The summed E-state index contributed by atoms with van der Waals surface area (Å²) in [5.41, 5.74) is 2.51. The van der Waals surface area contributed by atoms with E-state index in [1.54, 1.807) is 12.4 Å². The molecule has 0 spiro atoms. The van der Waals surface area contributed by atoms with Crippen LogP contribution in [-0.4, -0.2) is 28.2 Å². The van der Waals surface area contributed by atoms with Crippen molar-refractivity contribution >= 4 is 28.2 Å². The van der Waals surface area contributed by atoms with Crippen molar-refractivity contribution < 1.29 is 9.59 Å². The summed E-state index contributed by atoms with van der Waals surface area (Å²) >= 11 is 1.45. The first-order chi connectivity index (χ1) is 15.1. The Hall–Kier alpha value is -2.72. The molecule has 0 bridgehead atoms. The van der Waals surface area contributed by atoms with Crippen LogP contribution in [0.2, 0.25) is 0 Å². The lowest BCUT2D eigenvalue weighted by molar-refractivity contribution is -0.131. The van der Waals surface area contributed by atoms with E-state index >= 15 is 0 Å². The molecular formula is C24H28N4O2S. The molecule has 2 amide bonds. The summed E-state index contributed by atoms with van der Waals surface area (Å²) in [6.07, 6.45) is 12.1. The van der Waals surface area contributed by atoms with E-state index in [1.165, 1.54) is 43.4 Å². The number of nitriles is 1. The second-order valence-electron chi connectivity index (χ2n) is 8.51. The van der Waals surface area contributed by atoms with Gasteiger partial charge in [0.15, 0.2) is 0 Å². The molecule has 2 aromatic rings. The van der Waals surface area contributed by atoms with Gasteiger partial charge in [0.25, 0.3) is 0 Å². The van der Waals surface area contributed by atoms with Gasteiger partial charge < -0.3 is 10.2 Å². The van der Waals surface area contributed by atoms with Crippen LogP contribution in [0.5, 0.6) is 0 Å². The Bertz CT molecular complexity index is 973. The molecule has 6 nitrogen and oxygen atoms in total. The van der Waals surface area contributed by atoms with Gasteiger partial charge in [-0.1, -0.05) is 32.1 Å². The Morgan fingerprint density at radius 2 is 2.00 bits per heavy atom. The summed E-state index contributed by atoms with van der Waals surface area (Å²) in [4.78, 5) is 32.1. The van der Waals surface area contributed by atoms with Crippen LogP contribution >= 0.6 is 11.3 Å². The number of thiophene rings is 1. The SMILES string of the molecule is N#Cc1c(NC(=O)CCC2CCCCC2)sc2c1CCN(C(=O)Cc1ccncc1)C2. The van der Waals surface area contributed by atoms with E-state index in [2.05, 4.69) is 16.4 Å². The Balaban J connectivity index is 1.38. The maximum Gasteiger partial charge on any atom is 0.227 e. The molecule has 1 aliphatic heterocycles. The molecule has 0 aromatic carbocycles. The molecule has 7 heteroatoms. The van der Waals surface area contributed by atoms with E-state index in [4.69, 9.17) is 0 Å². The van der Waals surface area contributed by atoms with E-state index in [1.807, 2.05) is 17.0 Å². The Labute approximate surface area is 187 Å². The van der Waals surface area contributed by atoms with Crippen LogP contribution in [0.4, 0.5) is 5.00 Å². The highest BCUT2D eigenvalue weighted by Gasteiger charge is 2.27. The van der Waals surface area contributed by atoms with E-state index in [9.17, 15) is 14.9 Å². The molecule has 1 saturated carbocycles. The van der Waals surface area contributed by atoms with Gasteiger partial charge in [-0.05, 0) is 42.0 Å². The molecule has 3 heterocycles. The molecule has 0 saturated heterocycles. The molecule has 0 atom stereocenters. The molecule has 1 N–H and O–H groups in total. The predicted molar refractivity (Wildman–Crippen MR) is 121 cm³/mol. The number of aromatic nitrogens is 1. The lowest BCUT2D eigenvalue weighted by Gasteiger charge is -2.27. The van der Waals surface area contributed by atoms with Crippen molar-refractivity contribution in [1.29, 1.82) is 5.26 Å². The molecule has 1 fully saturated rings. The van der Waals surface area contributed by atoms with Crippen LogP contribution in [0, 0.1) is 17.2 Å². The number of carbonyl (C=O) groups excluding carboxylic acids is 2. The fraction of sp³-hybridized carbons (Fsp3) is 0.500. The maximum atomic E-state index is 12.7. The summed E-state index contributed by atoms with van der Waals surface area (Å²) < 4.78 is 0. The molecule has 31 heavy (non-hydrogen) atoms. The predicted octanol–water partition coefficient (Wildman–Crippen LogP) is 4.44. The first-order valence-electron chi connectivity index (χ1n) is 11.1. The maximum absolute atomic E-state index is 12.7. The van der Waals surface area contributed by atoms with E-state index < -0.39 is 0 Å². The minimum absolute atomic E-state index is 0.00806. The number of hydrogen-bond acceptors (Lipinski definition) is 5. The van der Waals surface area contributed by atoms with Gasteiger partial charge in [0.1, 0.15) is 11.1 Å². The Kier molecular flexibility index (Phi) is 6.98. The van der Waals surface area contributed by atoms with E-state index in [0.29, 0.717) is 48.8 Å². The van der Waals surface area contributed by atoms with Crippen molar-refractivity contribution in [2.45, 2.75) is 64.3 Å². The second-order valence-corrected chi connectivity index (χ2v) is 9.61.